The van der Waals surface area contributed by atoms with Crippen molar-refractivity contribution in [2.75, 3.05) is 30.3 Å². The lowest BCUT2D eigenvalue weighted by Gasteiger charge is -2.30. The molecule has 2 saturated heterocycles. The summed E-state index contributed by atoms with van der Waals surface area (Å²) in [4.78, 5) is 28.2. The van der Waals surface area contributed by atoms with E-state index in [1.165, 1.54) is 33.5 Å². The summed E-state index contributed by atoms with van der Waals surface area (Å²) in [7, 11) is -3.51. The molecule has 0 aromatic heterocycles. The maximum absolute atomic E-state index is 13.2. The number of hydrogen-bond donors (Lipinski definition) is 0. The van der Waals surface area contributed by atoms with Crippen molar-refractivity contribution in [2.45, 2.75) is 26.8 Å². The number of urea groups is 1. The van der Waals surface area contributed by atoms with Crippen LogP contribution in [-0.4, -0.2) is 61.0 Å². The predicted octanol–water partition coefficient (Wildman–Crippen LogP) is 1.65. The van der Waals surface area contributed by atoms with E-state index in [-0.39, 0.29) is 31.1 Å². The first-order chi connectivity index (χ1) is 12.1. The van der Waals surface area contributed by atoms with Crippen LogP contribution in [0.15, 0.2) is 24.3 Å². The Hall–Kier alpha value is -2.00. The Kier molecular flexibility index (Phi) is 4.56. The first kappa shape index (κ1) is 18.8. The second-order valence-electron chi connectivity index (χ2n) is 7.43. The number of nitrogens with zero attached hydrogens (tertiary/aromatic N) is 3. The minimum absolute atomic E-state index is 0.0676. The van der Waals surface area contributed by atoms with Crippen LogP contribution in [0.25, 0.3) is 0 Å². The molecule has 2 aliphatic heterocycles. The molecule has 2 fully saturated rings. The number of hydrogen-bond acceptors (Lipinski definition) is 4. The zero-order valence-corrected chi connectivity index (χ0v) is 15.8. The average molecular weight is 383 g/mol. The summed E-state index contributed by atoms with van der Waals surface area (Å²) in [5.74, 6) is -1.03. The zero-order valence-electron chi connectivity index (χ0n) is 15.0. The third kappa shape index (κ3) is 3.21. The van der Waals surface area contributed by atoms with E-state index in [1.54, 1.807) is 6.92 Å². The largest absolute Gasteiger partial charge is 0.332 e. The molecule has 9 heteroatoms. The molecule has 142 valence electrons. The minimum atomic E-state index is -3.51. The molecule has 26 heavy (non-hydrogen) atoms. The Morgan fingerprint density at radius 1 is 1.15 bits per heavy atom. The van der Waals surface area contributed by atoms with Gasteiger partial charge in [-0.15, -0.1) is 0 Å². The molecular formula is C17H22FN3O4S. The number of benzene rings is 1. The highest BCUT2D eigenvalue weighted by atomic mass is 32.2. The van der Waals surface area contributed by atoms with Gasteiger partial charge in [0.1, 0.15) is 11.9 Å². The number of anilines is 1. The normalized spacial score (nSPS) is 23.9. The number of rotatable bonds is 3. The Morgan fingerprint density at radius 3 is 2.35 bits per heavy atom. The molecule has 2 aliphatic rings. The lowest BCUT2D eigenvalue weighted by molar-refractivity contribution is -0.119. The van der Waals surface area contributed by atoms with Gasteiger partial charge in [-0.25, -0.2) is 22.5 Å². The van der Waals surface area contributed by atoms with E-state index in [0.717, 1.165) is 4.90 Å². The molecule has 0 radical (unpaired) electrons. The number of halogens is 1. The second kappa shape index (κ2) is 6.31. The lowest BCUT2D eigenvalue weighted by atomic mass is 9.93. The highest BCUT2D eigenvalue weighted by Crippen LogP contribution is 2.33. The number of amides is 3. The molecule has 0 N–H and O–H groups in total. The van der Waals surface area contributed by atoms with E-state index >= 15 is 0 Å². The number of carbonyl (C=O) groups is 2. The van der Waals surface area contributed by atoms with Crippen molar-refractivity contribution in [3.63, 3.8) is 0 Å². The van der Waals surface area contributed by atoms with Gasteiger partial charge < -0.3 is 4.90 Å². The standard InChI is InChI=1S/C17H22FN3O4S/c1-4-26(24,25)19-9-14-15(22)21(13-7-5-12(18)6-8-13)16(23)20(14)11-17(2,3)10-19/h5-8,14H,4,9-11H2,1-3H3. The fraction of sp³-hybridized carbons (Fsp3) is 0.529. The van der Waals surface area contributed by atoms with Crippen LogP contribution in [0, 0.1) is 11.2 Å². The number of fused-ring (bicyclic) bond motifs is 1. The van der Waals surface area contributed by atoms with Crippen molar-refractivity contribution >= 4 is 27.6 Å². The monoisotopic (exact) mass is 383 g/mol. The Balaban J connectivity index is 1.99. The van der Waals surface area contributed by atoms with Gasteiger partial charge in [0.05, 0.1) is 11.4 Å². The summed E-state index contributed by atoms with van der Waals surface area (Å²) in [6, 6.07) is 3.70. The van der Waals surface area contributed by atoms with Crippen molar-refractivity contribution in [3.8, 4) is 0 Å². The summed E-state index contributed by atoms with van der Waals surface area (Å²) >= 11 is 0. The van der Waals surface area contributed by atoms with Crippen molar-refractivity contribution in [1.29, 1.82) is 0 Å². The Labute approximate surface area is 152 Å². The third-order valence-corrected chi connectivity index (χ3v) is 6.54. The van der Waals surface area contributed by atoms with Crippen LogP contribution in [-0.2, 0) is 14.8 Å². The van der Waals surface area contributed by atoms with Gasteiger partial charge >= 0.3 is 6.03 Å². The number of sulfonamides is 1. The maximum Gasteiger partial charge on any atom is 0.332 e. The topological polar surface area (TPSA) is 78.0 Å². The molecule has 2 heterocycles. The van der Waals surface area contributed by atoms with E-state index in [1.807, 2.05) is 13.8 Å². The maximum atomic E-state index is 13.2. The van der Waals surface area contributed by atoms with Gasteiger partial charge in [-0.1, -0.05) is 13.8 Å². The number of imide groups is 1. The molecule has 1 atom stereocenters. The fourth-order valence-corrected chi connectivity index (χ4v) is 4.74. The molecule has 0 saturated carbocycles. The van der Waals surface area contributed by atoms with E-state index in [4.69, 9.17) is 0 Å². The van der Waals surface area contributed by atoms with Crippen LogP contribution >= 0.6 is 0 Å². The van der Waals surface area contributed by atoms with Gasteiger partial charge in [0.25, 0.3) is 5.91 Å². The van der Waals surface area contributed by atoms with Gasteiger partial charge in [0.2, 0.25) is 10.0 Å². The van der Waals surface area contributed by atoms with E-state index in [9.17, 15) is 22.4 Å². The Bertz CT molecular complexity index is 838. The summed E-state index contributed by atoms with van der Waals surface area (Å²) in [6.45, 7) is 5.72. The van der Waals surface area contributed by atoms with Gasteiger partial charge in [-0.3, -0.25) is 4.79 Å². The molecule has 0 aliphatic carbocycles. The summed E-state index contributed by atoms with van der Waals surface area (Å²) < 4.78 is 39.3. The smallest absolute Gasteiger partial charge is 0.310 e. The predicted molar refractivity (Wildman–Crippen MR) is 94.6 cm³/mol. The van der Waals surface area contributed by atoms with E-state index < -0.39 is 39.2 Å². The SMILES string of the molecule is CCS(=O)(=O)N1CC2C(=O)N(c3ccc(F)cc3)C(=O)N2CC(C)(C)C1. The van der Waals surface area contributed by atoms with Gasteiger partial charge in [0.15, 0.2) is 0 Å². The fourth-order valence-electron chi connectivity index (χ4n) is 3.46. The van der Waals surface area contributed by atoms with Crippen molar-refractivity contribution in [3.05, 3.63) is 30.1 Å². The first-order valence-electron chi connectivity index (χ1n) is 8.44. The molecule has 1 aromatic carbocycles. The minimum Gasteiger partial charge on any atom is -0.310 e. The van der Waals surface area contributed by atoms with Crippen LogP contribution in [0.4, 0.5) is 14.9 Å². The number of carbonyl (C=O) groups excluding carboxylic acids is 2. The van der Waals surface area contributed by atoms with Crippen LogP contribution in [0.2, 0.25) is 0 Å². The average Bonchev–Trinajstić information content (AvgIpc) is 2.71. The van der Waals surface area contributed by atoms with Crippen molar-refractivity contribution in [1.82, 2.24) is 9.21 Å². The Morgan fingerprint density at radius 2 is 1.77 bits per heavy atom. The second-order valence-corrected chi connectivity index (χ2v) is 9.69. The zero-order chi connectivity index (χ0) is 19.3. The molecule has 0 bridgehead atoms. The molecule has 3 rings (SSSR count). The van der Waals surface area contributed by atoms with Gasteiger partial charge in [0, 0.05) is 19.6 Å². The summed E-state index contributed by atoms with van der Waals surface area (Å²) in [5.41, 5.74) is -0.233. The highest BCUT2D eigenvalue weighted by molar-refractivity contribution is 7.89. The van der Waals surface area contributed by atoms with Gasteiger partial charge in [-0.2, -0.15) is 4.31 Å². The quantitative estimate of drug-likeness (QED) is 0.744. The van der Waals surface area contributed by atoms with Crippen molar-refractivity contribution in [2.24, 2.45) is 5.41 Å². The highest BCUT2D eigenvalue weighted by Gasteiger charge is 2.51. The molecule has 1 unspecified atom stereocenters. The van der Waals surface area contributed by atoms with E-state index in [0.29, 0.717) is 0 Å². The molecular weight excluding hydrogens is 361 g/mol. The van der Waals surface area contributed by atoms with E-state index in [2.05, 4.69) is 0 Å². The molecule has 7 nitrogen and oxygen atoms in total. The van der Waals surface area contributed by atoms with Gasteiger partial charge in [-0.05, 0) is 36.6 Å². The first-order valence-corrected chi connectivity index (χ1v) is 10.0. The lowest BCUT2D eigenvalue weighted by Crippen LogP contribution is -2.44. The van der Waals surface area contributed by atoms with Crippen LogP contribution in [0.5, 0.6) is 0 Å². The molecule has 1 aromatic rings. The summed E-state index contributed by atoms with van der Waals surface area (Å²) in [5, 5.41) is 0. The summed E-state index contributed by atoms with van der Waals surface area (Å²) in [6.07, 6.45) is 0. The van der Waals surface area contributed by atoms with Crippen LogP contribution in [0.3, 0.4) is 0 Å². The van der Waals surface area contributed by atoms with Crippen LogP contribution < -0.4 is 4.90 Å². The van der Waals surface area contributed by atoms with Crippen LogP contribution in [0.1, 0.15) is 20.8 Å². The van der Waals surface area contributed by atoms with Crippen molar-refractivity contribution < 1.29 is 22.4 Å². The molecule has 3 amide bonds. The molecule has 0 spiro atoms. The third-order valence-electron chi connectivity index (χ3n) is 4.74.